The number of alkyl halides is 3. The second-order valence-corrected chi connectivity index (χ2v) is 6.86. The van der Waals surface area contributed by atoms with Crippen molar-refractivity contribution in [1.82, 2.24) is 0 Å². The van der Waals surface area contributed by atoms with E-state index in [-0.39, 0.29) is 16.9 Å². The Hall–Kier alpha value is -1.10. The molecule has 0 aliphatic rings. The molecule has 0 saturated heterocycles. The van der Waals surface area contributed by atoms with E-state index in [1.165, 1.54) is 6.07 Å². The van der Waals surface area contributed by atoms with Gasteiger partial charge in [0.2, 0.25) is 0 Å². The van der Waals surface area contributed by atoms with Crippen LogP contribution in [0, 0.1) is 17.2 Å². The van der Waals surface area contributed by atoms with E-state index in [0.29, 0.717) is 12.5 Å². The first-order valence-electron chi connectivity index (χ1n) is 6.95. The lowest BCUT2D eigenvalue weighted by atomic mass is 9.82. The van der Waals surface area contributed by atoms with Gasteiger partial charge in [0.25, 0.3) is 0 Å². The molecule has 120 valence electrons. The first-order valence-corrected chi connectivity index (χ1v) is 6.95. The van der Waals surface area contributed by atoms with Crippen LogP contribution in [-0.2, 0) is 6.18 Å². The Morgan fingerprint density at radius 1 is 1.14 bits per heavy atom. The lowest BCUT2D eigenvalue weighted by molar-refractivity contribution is -0.140. The van der Waals surface area contributed by atoms with Crippen molar-refractivity contribution in [2.24, 2.45) is 11.3 Å². The molecular formula is C16H22F4O. The number of hydrogen-bond acceptors (Lipinski definition) is 1. The van der Waals surface area contributed by atoms with E-state index >= 15 is 0 Å². The molecule has 1 aromatic rings. The van der Waals surface area contributed by atoms with Gasteiger partial charge in [0.05, 0.1) is 11.7 Å². The van der Waals surface area contributed by atoms with Crippen molar-refractivity contribution in [3.05, 3.63) is 35.1 Å². The van der Waals surface area contributed by atoms with Gasteiger partial charge in [-0.1, -0.05) is 33.8 Å². The molecule has 0 aromatic heterocycles. The van der Waals surface area contributed by atoms with Crippen LogP contribution < -0.4 is 0 Å². The lowest BCUT2D eigenvalue weighted by Gasteiger charge is -2.25. The fourth-order valence-electron chi connectivity index (χ4n) is 2.61. The summed E-state index contributed by atoms with van der Waals surface area (Å²) in [7, 11) is 0. The van der Waals surface area contributed by atoms with Crippen LogP contribution in [0.1, 0.15) is 57.8 Å². The molecule has 2 unspecified atom stereocenters. The summed E-state index contributed by atoms with van der Waals surface area (Å²) in [6.07, 6.45) is -4.59. The van der Waals surface area contributed by atoms with Crippen LogP contribution in [0.15, 0.2) is 18.2 Å². The molecule has 0 aliphatic heterocycles. The van der Waals surface area contributed by atoms with Gasteiger partial charge in [0.15, 0.2) is 0 Å². The van der Waals surface area contributed by atoms with Crippen molar-refractivity contribution >= 4 is 0 Å². The monoisotopic (exact) mass is 306 g/mol. The Morgan fingerprint density at radius 2 is 1.71 bits per heavy atom. The van der Waals surface area contributed by atoms with Crippen LogP contribution >= 0.6 is 0 Å². The van der Waals surface area contributed by atoms with E-state index in [0.717, 1.165) is 12.5 Å². The van der Waals surface area contributed by atoms with Crippen LogP contribution in [0.5, 0.6) is 0 Å². The van der Waals surface area contributed by atoms with Crippen LogP contribution in [-0.4, -0.2) is 5.11 Å². The molecule has 0 aliphatic carbocycles. The molecule has 1 rings (SSSR count). The highest BCUT2D eigenvalue weighted by Gasteiger charge is 2.34. The Balaban J connectivity index is 2.86. The van der Waals surface area contributed by atoms with E-state index in [4.69, 9.17) is 0 Å². The summed E-state index contributed by atoms with van der Waals surface area (Å²) in [5.74, 6) is -1.17. The average Bonchev–Trinajstić information content (AvgIpc) is 2.24. The molecule has 1 aromatic carbocycles. The molecule has 0 bridgehead atoms. The van der Waals surface area contributed by atoms with Gasteiger partial charge in [-0.15, -0.1) is 0 Å². The molecule has 0 spiro atoms. The predicted molar refractivity (Wildman–Crippen MR) is 74.2 cm³/mol. The maximum Gasteiger partial charge on any atom is 0.419 e. The highest BCUT2D eigenvalue weighted by molar-refractivity contribution is 5.28. The van der Waals surface area contributed by atoms with Crippen LogP contribution in [0.3, 0.4) is 0 Å². The molecule has 0 fully saturated rings. The first-order chi connectivity index (χ1) is 9.40. The minimum absolute atomic E-state index is 0.0824. The van der Waals surface area contributed by atoms with Gasteiger partial charge in [-0.3, -0.25) is 0 Å². The maximum absolute atomic E-state index is 13.2. The van der Waals surface area contributed by atoms with Gasteiger partial charge in [-0.25, -0.2) is 4.39 Å². The Labute approximate surface area is 123 Å². The van der Waals surface area contributed by atoms with Crippen LogP contribution in [0.2, 0.25) is 0 Å². The molecule has 1 N–H and O–H groups in total. The van der Waals surface area contributed by atoms with Gasteiger partial charge in [0, 0.05) is 0 Å². The third-order valence-corrected chi connectivity index (χ3v) is 3.27. The number of rotatable bonds is 4. The molecular weight excluding hydrogens is 284 g/mol. The number of benzene rings is 1. The quantitative estimate of drug-likeness (QED) is 0.744. The average molecular weight is 306 g/mol. The van der Waals surface area contributed by atoms with E-state index in [1.54, 1.807) is 0 Å². The number of hydrogen-bond donors (Lipinski definition) is 1. The van der Waals surface area contributed by atoms with Crippen molar-refractivity contribution in [3.8, 4) is 0 Å². The van der Waals surface area contributed by atoms with E-state index in [1.807, 2.05) is 6.92 Å². The highest BCUT2D eigenvalue weighted by Crippen LogP contribution is 2.35. The van der Waals surface area contributed by atoms with Gasteiger partial charge in [-0.2, -0.15) is 13.2 Å². The van der Waals surface area contributed by atoms with Gasteiger partial charge in [0.1, 0.15) is 5.82 Å². The zero-order valence-corrected chi connectivity index (χ0v) is 12.8. The second-order valence-electron chi connectivity index (χ2n) is 6.86. The second kappa shape index (κ2) is 6.34. The summed E-state index contributed by atoms with van der Waals surface area (Å²) in [5, 5.41) is 10.1. The normalized spacial score (nSPS) is 15.9. The van der Waals surface area contributed by atoms with Gasteiger partial charge >= 0.3 is 6.18 Å². The third kappa shape index (κ3) is 5.65. The summed E-state index contributed by atoms with van der Waals surface area (Å²) < 4.78 is 51.2. The third-order valence-electron chi connectivity index (χ3n) is 3.27. The summed E-state index contributed by atoms with van der Waals surface area (Å²) in [6, 6.07) is 2.67. The Kier molecular flexibility index (Phi) is 5.42. The fourth-order valence-corrected chi connectivity index (χ4v) is 2.61. The SMILES string of the molecule is CC(CC(O)c1ccc(F)c(C(F)(F)F)c1)CC(C)(C)C. The van der Waals surface area contributed by atoms with Crippen molar-refractivity contribution in [2.75, 3.05) is 0 Å². The predicted octanol–water partition coefficient (Wildman–Crippen LogP) is 5.34. The van der Waals surface area contributed by atoms with E-state index in [2.05, 4.69) is 20.8 Å². The van der Waals surface area contributed by atoms with Gasteiger partial charge in [-0.05, 0) is 41.9 Å². The summed E-state index contributed by atoms with van der Waals surface area (Å²) in [5.41, 5.74) is -1.15. The molecule has 0 saturated carbocycles. The maximum atomic E-state index is 13.2. The summed E-state index contributed by atoms with van der Waals surface area (Å²) >= 11 is 0. The highest BCUT2D eigenvalue weighted by atomic mass is 19.4. The van der Waals surface area contributed by atoms with Gasteiger partial charge < -0.3 is 5.11 Å². The number of aliphatic hydroxyl groups excluding tert-OH is 1. The topological polar surface area (TPSA) is 20.2 Å². The molecule has 0 heterocycles. The standard InChI is InChI=1S/C16H22F4O/c1-10(9-15(2,3)4)7-14(21)11-5-6-13(17)12(8-11)16(18,19)20/h5-6,8,10,14,21H,7,9H2,1-4H3. The Bertz CT molecular complexity index is 474. The van der Waals surface area contributed by atoms with Crippen molar-refractivity contribution < 1.29 is 22.7 Å². The Morgan fingerprint density at radius 3 is 2.19 bits per heavy atom. The molecule has 0 radical (unpaired) electrons. The molecule has 1 nitrogen and oxygen atoms in total. The zero-order chi connectivity index (χ0) is 16.4. The van der Waals surface area contributed by atoms with Crippen LogP contribution in [0.25, 0.3) is 0 Å². The molecule has 0 amide bonds. The van der Waals surface area contributed by atoms with Crippen LogP contribution in [0.4, 0.5) is 17.6 Å². The van der Waals surface area contributed by atoms with Crippen molar-refractivity contribution in [3.63, 3.8) is 0 Å². The fraction of sp³-hybridized carbons (Fsp3) is 0.625. The van der Waals surface area contributed by atoms with Crippen molar-refractivity contribution in [2.45, 2.75) is 52.8 Å². The molecule has 5 heteroatoms. The molecule has 2 atom stereocenters. The first kappa shape index (κ1) is 18.0. The molecule has 21 heavy (non-hydrogen) atoms. The number of aliphatic hydroxyl groups is 1. The zero-order valence-electron chi connectivity index (χ0n) is 12.8. The van der Waals surface area contributed by atoms with E-state index in [9.17, 15) is 22.7 Å². The minimum atomic E-state index is -4.75. The smallest absolute Gasteiger partial charge is 0.388 e. The summed E-state index contributed by atoms with van der Waals surface area (Å²) in [6.45, 7) is 8.14. The summed E-state index contributed by atoms with van der Waals surface area (Å²) in [4.78, 5) is 0. The lowest BCUT2D eigenvalue weighted by Crippen LogP contribution is -2.14. The largest absolute Gasteiger partial charge is 0.419 e. The van der Waals surface area contributed by atoms with Crippen molar-refractivity contribution in [1.29, 1.82) is 0 Å². The van der Waals surface area contributed by atoms with E-state index < -0.39 is 23.7 Å². The minimum Gasteiger partial charge on any atom is -0.388 e. The number of halogens is 4.